The van der Waals surface area contributed by atoms with Gasteiger partial charge in [-0.15, -0.1) is 0 Å². The molecule has 1 aliphatic heterocycles. The van der Waals surface area contributed by atoms with Crippen LogP contribution in [0.1, 0.15) is 31.7 Å². The SMILES string of the molecule is CCCNc1ncnc(OCCN2CCCC2)c1C. The number of hydrogen-bond donors (Lipinski definition) is 1. The number of rotatable bonds is 7. The van der Waals surface area contributed by atoms with Gasteiger partial charge in [0, 0.05) is 13.1 Å². The quantitative estimate of drug-likeness (QED) is 0.817. The van der Waals surface area contributed by atoms with Crippen molar-refractivity contribution >= 4 is 5.82 Å². The number of aromatic nitrogens is 2. The fourth-order valence-electron chi connectivity index (χ4n) is 2.28. The topological polar surface area (TPSA) is 50.3 Å². The van der Waals surface area contributed by atoms with Gasteiger partial charge >= 0.3 is 0 Å². The van der Waals surface area contributed by atoms with Gasteiger partial charge < -0.3 is 10.1 Å². The van der Waals surface area contributed by atoms with Gasteiger partial charge in [-0.05, 0) is 39.3 Å². The average Bonchev–Trinajstić information content (AvgIpc) is 2.92. The van der Waals surface area contributed by atoms with Crippen LogP contribution in [-0.4, -0.2) is 47.7 Å². The summed E-state index contributed by atoms with van der Waals surface area (Å²) < 4.78 is 5.79. The van der Waals surface area contributed by atoms with Crippen molar-refractivity contribution in [2.24, 2.45) is 0 Å². The molecule has 1 fully saturated rings. The lowest BCUT2D eigenvalue weighted by Crippen LogP contribution is -2.25. The molecule has 1 aromatic rings. The first-order valence-corrected chi connectivity index (χ1v) is 7.22. The number of likely N-dealkylation sites (tertiary alicyclic amines) is 1. The molecule has 0 unspecified atom stereocenters. The minimum atomic E-state index is 0.699. The zero-order valence-corrected chi connectivity index (χ0v) is 12.0. The average molecular weight is 264 g/mol. The van der Waals surface area contributed by atoms with Gasteiger partial charge in [0.05, 0.1) is 5.56 Å². The first kappa shape index (κ1) is 14.1. The van der Waals surface area contributed by atoms with Crippen LogP contribution in [0.3, 0.4) is 0 Å². The minimum Gasteiger partial charge on any atom is -0.476 e. The Bertz CT molecular complexity index is 391. The molecule has 19 heavy (non-hydrogen) atoms. The Hall–Kier alpha value is -1.36. The monoisotopic (exact) mass is 264 g/mol. The highest BCUT2D eigenvalue weighted by molar-refractivity contribution is 5.47. The molecular weight excluding hydrogens is 240 g/mol. The van der Waals surface area contributed by atoms with Gasteiger partial charge in [-0.2, -0.15) is 0 Å². The number of nitrogens with zero attached hydrogens (tertiary/aromatic N) is 3. The highest BCUT2D eigenvalue weighted by atomic mass is 16.5. The lowest BCUT2D eigenvalue weighted by atomic mass is 10.3. The molecule has 0 aromatic carbocycles. The Labute approximate surface area is 115 Å². The molecule has 1 aromatic heterocycles. The van der Waals surface area contributed by atoms with E-state index in [1.807, 2.05) is 6.92 Å². The number of hydrogen-bond acceptors (Lipinski definition) is 5. The first-order valence-electron chi connectivity index (χ1n) is 7.22. The smallest absolute Gasteiger partial charge is 0.221 e. The van der Waals surface area contributed by atoms with Crippen molar-refractivity contribution < 1.29 is 4.74 Å². The van der Waals surface area contributed by atoms with Crippen LogP contribution >= 0.6 is 0 Å². The van der Waals surface area contributed by atoms with Crippen molar-refractivity contribution in [1.29, 1.82) is 0 Å². The van der Waals surface area contributed by atoms with E-state index in [9.17, 15) is 0 Å². The van der Waals surface area contributed by atoms with Gasteiger partial charge in [-0.1, -0.05) is 6.92 Å². The predicted octanol–water partition coefficient (Wildman–Crippen LogP) is 2.08. The molecule has 1 saturated heterocycles. The third kappa shape index (κ3) is 4.06. The van der Waals surface area contributed by atoms with E-state index in [1.165, 1.54) is 25.9 Å². The van der Waals surface area contributed by atoms with Crippen LogP contribution in [0.25, 0.3) is 0 Å². The number of anilines is 1. The van der Waals surface area contributed by atoms with Crippen LogP contribution in [0, 0.1) is 6.92 Å². The summed E-state index contributed by atoms with van der Waals surface area (Å²) in [4.78, 5) is 10.9. The lowest BCUT2D eigenvalue weighted by molar-refractivity contribution is 0.230. The van der Waals surface area contributed by atoms with Crippen molar-refractivity contribution in [2.75, 3.05) is 38.1 Å². The van der Waals surface area contributed by atoms with Gasteiger partial charge in [-0.25, -0.2) is 9.97 Å². The van der Waals surface area contributed by atoms with Crippen molar-refractivity contribution in [3.8, 4) is 5.88 Å². The van der Waals surface area contributed by atoms with E-state index in [0.717, 1.165) is 30.9 Å². The predicted molar refractivity (Wildman–Crippen MR) is 76.7 cm³/mol. The third-order valence-electron chi connectivity index (χ3n) is 3.43. The van der Waals surface area contributed by atoms with Gasteiger partial charge in [0.25, 0.3) is 0 Å². The largest absolute Gasteiger partial charge is 0.476 e. The Morgan fingerprint density at radius 2 is 2.11 bits per heavy atom. The van der Waals surface area contributed by atoms with Crippen LogP contribution in [0.2, 0.25) is 0 Å². The Balaban J connectivity index is 1.84. The van der Waals surface area contributed by atoms with Crippen molar-refractivity contribution in [3.63, 3.8) is 0 Å². The van der Waals surface area contributed by atoms with E-state index >= 15 is 0 Å². The molecule has 0 aliphatic carbocycles. The zero-order valence-electron chi connectivity index (χ0n) is 12.0. The highest BCUT2D eigenvalue weighted by Crippen LogP contribution is 2.20. The number of ether oxygens (including phenoxy) is 1. The minimum absolute atomic E-state index is 0.699. The standard InChI is InChI=1S/C14H24N4O/c1-3-6-15-13-12(2)14(17-11-16-13)19-10-9-18-7-4-5-8-18/h11H,3-10H2,1-2H3,(H,15,16,17). The van der Waals surface area contributed by atoms with E-state index in [-0.39, 0.29) is 0 Å². The fourth-order valence-corrected chi connectivity index (χ4v) is 2.28. The maximum absolute atomic E-state index is 5.79. The molecule has 0 radical (unpaired) electrons. The van der Waals surface area contributed by atoms with E-state index in [1.54, 1.807) is 6.33 Å². The van der Waals surface area contributed by atoms with Gasteiger partial charge in [0.1, 0.15) is 18.8 Å². The van der Waals surface area contributed by atoms with E-state index < -0.39 is 0 Å². The van der Waals surface area contributed by atoms with Crippen molar-refractivity contribution in [2.45, 2.75) is 33.1 Å². The zero-order chi connectivity index (χ0) is 13.5. The van der Waals surface area contributed by atoms with Crippen LogP contribution in [-0.2, 0) is 0 Å². The highest BCUT2D eigenvalue weighted by Gasteiger charge is 2.12. The van der Waals surface area contributed by atoms with Crippen LogP contribution < -0.4 is 10.1 Å². The third-order valence-corrected chi connectivity index (χ3v) is 3.43. The van der Waals surface area contributed by atoms with E-state index in [2.05, 4.69) is 27.1 Å². The lowest BCUT2D eigenvalue weighted by Gasteiger charge is -2.16. The van der Waals surface area contributed by atoms with E-state index in [0.29, 0.717) is 12.5 Å². The summed E-state index contributed by atoms with van der Waals surface area (Å²) in [6.45, 7) is 9.16. The molecule has 0 spiro atoms. The Morgan fingerprint density at radius 1 is 1.32 bits per heavy atom. The molecule has 1 aliphatic rings. The van der Waals surface area contributed by atoms with Crippen molar-refractivity contribution in [1.82, 2.24) is 14.9 Å². The molecule has 0 saturated carbocycles. The molecule has 2 heterocycles. The summed E-state index contributed by atoms with van der Waals surface area (Å²) in [6.07, 6.45) is 5.28. The van der Waals surface area contributed by atoms with Gasteiger partial charge in [0.2, 0.25) is 5.88 Å². The molecule has 2 rings (SSSR count). The Morgan fingerprint density at radius 3 is 2.84 bits per heavy atom. The fraction of sp³-hybridized carbons (Fsp3) is 0.714. The van der Waals surface area contributed by atoms with Crippen molar-refractivity contribution in [3.05, 3.63) is 11.9 Å². The molecular formula is C14H24N4O. The number of nitrogens with one attached hydrogen (secondary N) is 1. The van der Waals surface area contributed by atoms with Crippen LogP contribution in [0.15, 0.2) is 6.33 Å². The summed E-state index contributed by atoms with van der Waals surface area (Å²) in [5.74, 6) is 1.58. The molecule has 1 N–H and O–H groups in total. The Kier molecular flexibility index (Phi) is 5.39. The first-order chi connectivity index (χ1) is 9.31. The normalized spacial score (nSPS) is 15.7. The second kappa shape index (κ2) is 7.28. The molecule has 106 valence electrons. The molecule has 0 bridgehead atoms. The summed E-state index contributed by atoms with van der Waals surface area (Å²) >= 11 is 0. The maximum atomic E-state index is 5.79. The summed E-state index contributed by atoms with van der Waals surface area (Å²) in [7, 11) is 0. The van der Waals surface area contributed by atoms with E-state index in [4.69, 9.17) is 4.74 Å². The molecule has 5 nitrogen and oxygen atoms in total. The maximum Gasteiger partial charge on any atom is 0.221 e. The summed E-state index contributed by atoms with van der Waals surface area (Å²) in [6, 6.07) is 0. The summed E-state index contributed by atoms with van der Waals surface area (Å²) in [5, 5.41) is 3.29. The molecule has 0 atom stereocenters. The van der Waals surface area contributed by atoms with Gasteiger partial charge in [-0.3, -0.25) is 4.90 Å². The summed E-state index contributed by atoms with van der Waals surface area (Å²) in [5.41, 5.74) is 0.998. The van der Waals surface area contributed by atoms with Crippen LogP contribution in [0.5, 0.6) is 5.88 Å². The van der Waals surface area contributed by atoms with Crippen LogP contribution in [0.4, 0.5) is 5.82 Å². The second-order valence-corrected chi connectivity index (χ2v) is 4.98. The van der Waals surface area contributed by atoms with Gasteiger partial charge in [0.15, 0.2) is 0 Å². The molecule has 0 amide bonds. The second-order valence-electron chi connectivity index (χ2n) is 4.98. The molecule has 5 heteroatoms.